The second-order valence-corrected chi connectivity index (χ2v) is 7.92. The topological polar surface area (TPSA) is 79.2 Å². The van der Waals surface area contributed by atoms with Gasteiger partial charge in [0.2, 0.25) is 5.91 Å². The summed E-state index contributed by atoms with van der Waals surface area (Å²) in [7, 11) is 3.79. The number of anilines is 2. The van der Waals surface area contributed by atoms with Crippen molar-refractivity contribution in [1.29, 1.82) is 0 Å². The van der Waals surface area contributed by atoms with Crippen LogP contribution in [0.5, 0.6) is 0 Å². The van der Waals surface area contributed by atoms with Crippen molar-refractivity contribution >= 4 is 17.5 Å². The van der Waals surface area contributed by atoms with Gasteiger partial charge in [-0.1, -0.05) is 0 Å². The van der Waals surface area contributed by atoms with Crippen molar-refractivity contribution in [1.82, 2.24) is 24.6 Å². The molecule has 8 heteroatoms. The lowest BCUT2D eigenvalue weighted by atomic mass is 9.92. The number of nitrogens with zero attached hydrogens (tertiary/aromatic N) is 6. The van der Waals surface area contributed by atoms with Crippen LogP contribution in [0, 0.1) is 12.8 Å². The summed E-state index contributed by atoms with van der Waals surface area (Å²) in [6, 6.07) is 2.02. The van der Waals surface area contributed by atoms with Gasteiger partial charge in [0.05, 0.1) is 5.69 Å². The molecular weight excluding hydrogens is 366 g/mol. The maximum Gasteiger partial charge on any atom is 0.222 e. The van der Waals surface area contributed by atoms with Crippen LogP contribution in [0.1, 0.15) is 43.9 Å². The number of carbonyl (C=O) groups is 1. The van der Waals surface area contributed by atoms with Crippen LogP contribution in [0.3, 0.4) is 0 Å². The Bertz CT molecular complexity index is 811. The first-order valence-electron chi connectivity index (χ1n) is 10.5. The average molecular weight is 400 g/mol. The summed E-state index contributed by atoms with van der Waals surface area (Å²) < 4.78 is 1.80. The minimum absolute atomic E-state index is 0.210. The molecule has 1 fully saturated rings. The van der Waals surface area contributed by atoms with Crippen LogP contribution in [-0.4, -0.2) is 57.2 Å². The van der Waals surface area contributed by atoms with E-state index in [0.29, 0.717) is 18.9 Å². The molecule has 0 bridgehead atoms. The largest absolute Gasteiger partial charge is 0.370 e. The van der Waals surface area contributed by atoms with Gasteiger partial charge in [-0.2, -0.15) is 5.10 Å². The zero-order valence-corrected chi connectivity index (χ0v) is 18.1. The van der Waals surface area contributed by atoms with Gasteiger partial charge in [0.25, 0.3) is 0 Å². The van der Waals surface area contributed by atoms with Crippen molar-refractivity contribution < 1.29 is 4.79 Å². The molecule has 1 amide bonds. The minimum atomic E-state index is 0.210. The van der Waals surface area contributed by atoms with Crippen molar-refractivity contribution in [2.45, 2.75) is 46.1 Å². The molecule has 0 atom stereocenters. The van der Waals surface area contributed by atoms with Crippen molar-refractivity contribution in [2.75, 3.05) is 36.9 Å². The molecule has 0 radical (unpaired) electrons. The van der Waals surface area contributed by atoms with Crippen molar-refractivity contribution in [3.8, 4) is 0 Å². The van der Waals surface area contributed by atoms with Gasteiger partial charge in [-0.15, -0.1) is 0 Å². The summed E-state index contributed by atoms with van der Waals surface area (Å²) in [5, 5.41) is 7.59. The van der Waals surface area contributed by atoms with E-state index >= 15 is 0 Å². The van der Waals surface area contributed by atoms with Crippen LogP contribution >= 0.6 is 0 Å². The van der Waals surface area contributed by atoms with E-state index in [0.717, 1.165) is 61.8 Å². The standard InChI is InChI=1S/C21H33N7O/c1-5-22-19-12-20(24-15-23-19)28-10-8-17(9-11-28)6-7-21(29)26(3)13-18-14-27(4)25-16(18)2/h12,14-15,17H,5-11,13H2,1-4H3,(H,22,23,24). The van der Waals surface area contributed by atoms with Crippen LogP contribution in [0.15, 0.2) is 18.6 Å². The number of piperidine rings is 1. The molecule has 0 aliphatic carbocycles. The number of amides is 1. The third kappa shape index (κ3) is 5.68. The summed E-state index contributed by atoms with van der Waals surface area (Å²) in [6.45, 7) is 7.47. The van der Waals surface area contributed by atoms with E-state index in [1.54, 1.807) is 11.0 Å². The Morgan fingerprint density at radius 3 is 2.72 bits per heavy atom. The Hall–Kier alpha value is -2.64. The molecule has 1 aliphatic rings. The first kappa shape index (κ1) is 21.1. The van der Waals surface area contributed by atoms with Gasteiger partial charge >= 0.3 is 0 Å². The fourth-order valence-electron chi connectivity index (χ4n) is 3.91. The fourth-order valence-corrected chi connectivity index (χ4v) is 3.91. The molecule has 0 aromatic carbocycles. The van der Waals surface area contributed by atoms with Crippen molar-refractivity contribution in [3.05, 3.63) is 29.8 Å². The molecule has 1 aliphatic heterocycles. The van der Waals surface area contributed by atoms with E-state index in [9.17, 15) is 4.79 Å². The molecule has 3 heterocycles. The highest BCUT2D eigenvalue weighted by Gasteiger charge is 2.22. The van der Waals surface area contributed by atoms with Crippen LogP contribution < -0.4 is 10.2 Å². The van der Waals surface area contributed by atoms with Crippen molar-refractivity contribution in [2.24, 2.45) is 13.0 Å². The Morgan fingerprint density at radius 2 is 2.07 bits per heavy atom. The van der Waals surface area contributed by atoms with E-state index in [1.807, 2.05) is 38.2 Å². The van der Waals surface area contributed by atoms with Crippen LogP contribution in [0.25, 0.3) is 0 Å². The van der Waals surface area contributed by atoms with E-state index in [2.05, 4.69) is 32.2 Å². The summed E-state index contributed by atoms with van der Waals surface area (Å²) >= 11 is 0. The maximum atomic E-state index is 12.6. The van der Waals surface area contributed by atoms with Gasteiger partial charge in [-0.05, 0) is 39.0 Å². The molecule has 158 valence electrons. The Kier molecular flexibility index (Phi) is 7.06. The molecule has 1 N–H and O–H groups in total. The normalized spacial score (nSPS) is 14.8. The molecule has 0 saturated carbocycles. The SMILES string of the molecule is CCNc1cc(N2CCC(CCC(=O)N(C)Cc3cn(C)nc3C)CC2)ncn1. The lowest BCUT2D eigenvalue weighted by Crippen LogP contribution is -2.35. The second-order valence-electron chi connectivity index (χ2n) is 7.92. The van der Waals surface area contributed by atoms with Gasteiger partial charge in [0, 0.05) is 64.5 Å². The molecule has 29 heavy (non-hydrogen) atoms. The van der Waals surface area contributed by atoms with E-state index < -0.39 is 0 Å². The monoisotopic (exact) mass is 399 g/mol. The lowest BCUT2D eigenvalue weighted by molar-refractivity contribution is -0.130. The average Bonchev–Trinajstić information content (AvgIpc) is 3.03. The predicted molar refractivity (Wildman–Crippen MR) is 115 cm³/mol. The zero-order valence-electron chi connectivity index (χ0n) is 18.1. The zero-order chi connectivity index (χ0) is 20.8. The van der Waals surface area contributed by atoms with Gasteiger partial charge in [0.1, 0.15) is 18.0 Å². The number of rotatable bonds is 8. The van der Waals surface area contributed by atoms with Gasteiger partial charge in [0.15, 0.2) is 0 Å². The third-order valence-electron chi connectivity index (χ3n) is 5.66. The van der Waals surface area contributed by atoms with Gasteiger partial charge < -0.3 is 15.1 Å². The first-order valence-corrected chi connectivity index (χ1v) is 10.5. The number of hydrogen-bond donors (Lipinski definition) is 1. The summed E-state index contributed by atoms with van der Waals surface area (Å²) in [5.74, 6) is 2.66. The first-order chi connectivity index (χ1) is 14.0. The number of hydrogen-bond acceptors (Lipinski definition) is 6. The fraction of sp³-hybridized carbons (Fsp3) is 0.619. The van der Waals surface area contributed by atoms with E-state index in [4.69, 9.17) is 0 Å². The Morgan fingerprint density at radius 1 is 1.31 bits per heavy atom. The number of nitrogens with one attached hydrogen (secondary N) is 1. The highest BCUT2D eigenvalue weighted by Crippen LogP contribution is 2.26. The highest BCUT2D eigenvalue weighted by atomic mass is 16.2. The van der Waals surface area contributed by atoms with E-state index in [1.165, 1.54) is 0 Å². The molecule has 2 aromatic rings. The quantitative estimate of drug-likeness (QED) is 0.735. The minimum Gasteiger partial charge on any atom is -0.370 e. The summed E-state index contributed by atoms with van der Waals surface area (Å²) in [4.78, 5) is 25.4. The van der Waals surface area contributed by atoms with Crippen LogP contribution in [-0.2, 0) is 18.4 Å². The summed E-state index contributed by atoms with van der Waals surface area (Å²) in [5.41, 5.74) is 2.10. The number of carbonyl (C=O) groups excluding carboxylic acids is 1. The molecular formula is C21H33N7O. The van der Waals surface area contributed by atoms with Crippen LogP contribution in [0.4, 0.5) is 11.6 Å². The Labute approximate surface area is 173 Å². The molecule has 8 nitrogen and oxygen atoms in total. The summed E-state index contributed by atoms with van der Waals surface area (Å²) in [6.07, 6.45) is 7.37. The van der Waals surface area contributed by atoms with Gasteiger partial charge in [-0.25, -0.2) is 9.97 Å². The smallest absolute Gasteiger partial charge is 0.222 e. The van der Waals surface area contributed by atoms with Gasteiger partial charge in [-0.3, -0.25) is 9.48 Å². The molecule has 0 spiro atoms. The lowest BCUT2D eigenvalue weighted by Gasteiger charge is -2.33. The van der Waals surface area contributed by atoms with Crippen LogP contribution in [0.2, 0.25) is 0 Å². The maximum absolute atomic E-state index is 12.6. The number of aryl methyl sites for hydroxylation is 2. The molecule has 3 rings (SSSR count). The second kappa shape index (κ2) is 9.71. The molecule has 0 unspecified atom stereocenters. The molecule has 2 aromatic heterocycles. The predicted octanol–water partition coefficient (Wildman–Crippen LogP) is 2.61. The number of aromatic nitrogens is 4. The van der Waals surface area contributed by atoms with Crippen molar-refractivity contribution in [3.63, 3.8) is 0 Å². The third-order valence-corrected chi connectivity index (χ3v) is 5.66. The Balaban J connectivity index is 1.43. The highest BCUT2D eigenvalue weighted by molar-refractivity contribution is 5.75. The molecule has 1 saturated heterocycles. The van der Waals surface area contributed by atoms with E-state index in [-0.39, 0.29) is 5.91 Å².